The van der Waals surface area contributed by atoms with Crippen LogP contribution in [0.1, 0.15) is 24.8 Å². The van der Waals surface area contributed by atoms with Crippen molar-refractivity contribution in [2.45, 2.75) is 25.7 Å². The molecule has 0 spiro atoms. The van der Waals surface area contributed by atoms with Crippen LogP contribution in [0.4, 0.5) is 4.39 Å². The van der Waals surface area contributed by atoms with E-state index in [-0.39, 0.29) is 5.82 Å². The molecule has 0 bridgehead atoms. The van der Waals surface area contributed by atoms with Crippen molar-refractivity contribution in [3.63, 3.8) is 0 Å². The Labute approximate surface area is 101 Å². The van der Waals surface area contributed by atoms with Crippen molar-refractivity contribution in [3.8, 4) is 0 Å². The number of hydrogen-bond donors (Lipinski definition) is 1. The Bertz CT molecular complexity index is 348. The van der Waals surface area contributed by atoms with Crippen molar-refractivity contribution in [1.29, 1.82) is 0 Å². The van der Waals surface area contributed by atoms with E-state index < -0.39 is 0 Å². The van der Waals surface area contributed by atoms with Gasteiger partial charge in [0.25, 0.3) is 0 Å². The van der Waals surface area contributed by atoms with Crippen molar-refractivity contribution in [2.75, 3.05) is 13.1 Å². The summed E-state index contributed by atoms with van der Waals surface area (Å²) in [5.41, 5.74) is 0.756. The average Bonchev–Trinajstić information content (AvgIpc) is 2.32. The standard InChI is InChI=1S/C13H17ClFN/c14-12-3-4-13(15)11(9-12)2-1-10-5-7-16-8-6-10/h3-4,9-10,16H,1-2,5-8H2. The molecule has 1 heterocycles. The summed E-state index contributed by atoms with van der Waals surface area (Å²) in [7, 11) is 0. The smallest absolute Gasteiger partial charge is 0.126 e. The van der Waals surface area contributed by atoms with E-state index in [1.54, 1.807) is 12.1 Å². The number of hydrogen-bond acceptors (Lipinski definition) is 1. The third-order valence-electron chi connectivity index (χ3n) is 3.29. The summed E-state index contributed by atoms with van der Waals surface area (Å²) in [6, 6.07) is 4.81. The molecule has 1 N–H and O–H groups in total. The van der Waals surface area contributed by atoms with E-state index in [0.29, 0.717) is 5.02 Å². The summed E-state index contributed by atoms with van der Waals surface area (Å²) < 4.78 is 13.5. The Morgan fingerprint density at radius 1 is 1.31 bits per heavy atom. The summed E-state index contributed by atoms with van der Waals surface area (Å²) in [5.74, 6) is 0.609. The van der Waals surface area contributed by atoms with Crippen LogP contribution in [0.5, 0.6) is 0 Å². The van der Waals surface area contributed by atoms with Crippen LogP contribution in [0.3, 0.4) is 0 Å². The van der Waals surface area contributed by atoms with Crippen molar-refractivity contribution in [1.82, 2.24) is 5.32 Å². The Kier molecular flexibility index (Phi) is 4.19. The van der Waals surface area contributed by atoms with Crippen LogP contribution in [-0.2, 0) is 6.42 Å². The van der Waals surface area contributed by atoms with E-state index in [4.69, 9.17) is 11.6 Å². The Morgan fingerprint density at radius 3 is 2.81 bits per heavy atom. The summed E-state index contributed by atoms with van der Waals surface area (Å²) in [4.78, 5) is 0. The molecule has 0 saturated carbocycles. The van der Waals surface area contributed by atoms with E-state index in [1.807, 2.05) is 0 Å². The number of halogens is 2. The molecule has 16 heavy (non-hydrogen) atoms. The molecule has 2 rings (SSSR count). The molecule has 0 amide bonds. The first-order chi connectivity index (χ1) is 7.75. The zero-order valence-electron chi connectivity index (χ0n) is 9.31. The first-order valence-electron chi connectivity index (χ1n) is 5.90. The second kappa shape index (κ2) is 5.65. The van der Waals surface area contributed by atoms with Gasteiger partial charge in [0.15, 0.2) is 0 Å². The van der Waals surface area contributed by atoms with E-state index in [0.717, 1.165) is 37.4 Å². The third kappa shape index (κ3) is 3.19. The van der Waals surface area contributed by atoms with E-state index >= 15 is 0 Å². The highest BCUT2D eigenvalue weighted by Crippen LogP contribution is 2.21. The molecule has 0 radical (unpaired) electrons. The maximum Gasteiger partial charge on any atom is 0.126 e. The van der Waals surface area contributed by atoms with Crippen LogP contribution in [0, 0.1) is 11.7 Å². The van der Waals surface area contributed by atoms with Crippen molar-refractivity contribution >= 4 is 11.6 Å². The maximum absolute atomic E-state index is 13.5. The summed E-state index contributed by atoms with van der Waals surface area (Å²) in [6.07, 6.45) is 4.29. The van der Waals surface area contributed by atoms with Crippen molar-refractivity contribution in [2.24, 2.45) is 5.92 Å². The number of aryl methyl sites for hydroxylation is 1. The lowest BCUT2D eigenvalue weighted by Crippen LogP contribution is -2.27. The molecule has 88 valence electrons. The third-order valence-corrected chi connectivity index (χ3v) is 3.52. The van der Waals surface area contributed by atoms with Crippen LogP contribution in [-0.4, -0.2) is 13.1 Å². The van der Waals surface area contributed by atoms with Gasteiger partial charge in [0.05, 0.1) is 0 Å². The van der Waals surface area contributed by atoms with Gasteiger partial charge in [0.1, 0.15) is 5.82 Å². The van der Waals surface area contributed by atoms with Gasteiger partial charge in [-0.1, -0.05) is 11.6 Å². The van der Waals surface area contributed by atoms with Gasteiger partial charge in [0.2, 0.25) is 0 Å². The fourth-order valence-electron chi connectivity index (χ4n) is 2.26. The van der Waals surface area contributed by atoms with Gasteiger partial charge in [-0.05, 0) is 68.5 Å². The van der Waals surface area contributed by atoms with Gasteiger partial charge in [-0.15, -0.1) is 0 Å². The lowest BCUT2D eigenvalue weighted by molar-refractivity contribution is 0.353. The fourth-order valence-corrected chi connectivity index (χ4v) is 2.46. The van der Waals surface area contributed by atoms with Crippen LogP contribution in [0.2, 0.25) is 5.02 Å². The largest absolute Gasteiger partial charge is 0.317 e. The quantitative estimate of drug-likeness (QED) is 0.855. The molecule has 1 fully saturated rings. The minimum Gasteiger partial charge on any atom is -0.317 e. The van der Waals surface area contributed by atoms with Gasteiger partial charge in [-0.2, -0.15) is 0 Å². The highest BCUT2D eigenvalue weighted by Gasteiger charge is 2.13. The SMILES string of the molecule is Fc1ccc(Cl)cc1CCC1CCNCC1. The average molecular weight is 242 g/mol. The van der Waals surface area contributed by atoms with Gasteiger partial charge < -0.3 is 5.32 Å². The molecule has 3 heteroatoms. The van der Waals surface area contributed by atoms with E-state index in [1.165, 1.54) is 18.9 Å². The molecule has 1 nitrogen and oxygen atoms in total. The number of piperidine rings is 1. The van der Waals surface area contributed by atoms with Crippen molar-refractivity contribution < 1.29 is 4.39 Å². The van der Waals surface area contributed by atoms with Crippen LogP contribution < -0.4 is 5.32 Å². The first-order valence-corrected chi connectivity index (χ1v) is 6.28. The summed E-state index contributed by atoms with van der Waals surface area (Å²) >= 11 is 5.86. The molecule has 1 aliphatic rings. The Hall–Kier alpha value is -0.600. The van der Waals surface area contributed by atoms with Gasteiger partial charge in [0, 0.05) is 5.02 Å². The second-order valence-corrected chi connectivity index (χ2v) is 4.90. The Morgan fingerprint density at radius 2 is 2.06 bits per heavy atom. The van der Waals surface area contributed by atoms with Crippen LogP contribution in [0.15, 0.2) is 18.2 Å². The lowest BCUT2D eigenvalue weighted by atomic mass is 9.91. The topological polar surface area (TPSA) is 12.0 Å². The van der Waals surface area contributed by atoms with Crippen LogP contribution >= 0.6 is 11.6 Å². The highest BCUT2D eigenvalue weighted by atomic mass is 35.5. The molecule has 0 unspecified atom stereocenters. The number of nitrogens with one attached hydrogen (secondary N) is 1. The molecule has 1 aromatic rings. The zero-order chi connectivity index (χ0) is 11.4. The number of benzene rings is 1. The molecular formula is C13H17ClFN. The predicted octanol–water partition coefficient (Wildman–Crippen LogP) is 3.41. The minimum atomic E-state index is -0.127. The fraction of sp³-hybridized carbons (Fsp3) is 0.538. The predicted molar refractivity (Wildman–Crippen MR) is 65.3 cm³/mol. The van der Waals surface area contributed by atoms with E-state index in [2.05, 4.69) is 5.32 Å². The van der Waals surface area contributed by atoms with Gasteiger partial charge in [-0.25, -0.2) is 4.39 Å². The summed E-state index contributed by atoms with van der Waals surface area (Å²) in [6.45, 7) is 2.20. The highest BCUT2D eigenvalue weighted by molar-refractivity contribution is 6.30. The molecule has 1 aliphatic heterocycles. The van der Waals surface area contributed by atoms with E-state index in [9.17, 15) is 4.39 Å². The normalized spacial score (nSPS) is 17.6. The Balaban J connectivity index is 1.90. The maximum atomic E-state index is 13.5. The minimum absolute atomic E-state index is 0.127. The molecular weight excluding hydrogens is 225 g/mol. The van der Waals surface area contributed by atoms with Gasteiger partial charge >= 0.3 is 0 Å². The van der Waals surface area contributed by atoms with Crippen molar-refractivity contribution in [3.05, 3.63) is 34.6 Å². The first kappa shape index (κ1) is 11.9. The lowest BCUT2D eigenvalue weighted by Gasteiger charge is -2.22. The monoisotopic (exact) mass is 241 g/mol. The molecule has 1 aromatic carbocycles. The molecule has 0 aromatic heterocycles. The zero-order valence-corrected chi connectivity index (χ0v) is 10.1. The summed E-state index contributed by atoms with van der Waals surface area (Å²) in [5, 5.41) is 3.96. The van der Waals surface area contributed by atoms with Crippen LogP contribution in [0.25, 0.3) is 0 Å². The van der Waals surface area contributed by atoms with Gasteiger partial charge in [-0.3, -0.25) is 0 Å². The molecule has 0 aliphatic carbocycles. The molecule has 1 saturated heterocycles. The second-order valence-electron chi connectivity index (χ2n) is 4.47. The molecule has 0 atom stereocenters. The number of rotatable bonds is 3.